The first-order chi connectivity index (χ1) is 7.37. The van der Waals surface area contributed by atoms with Crippen molar-refractivity contribution < 1.29 is 4.74 Å². The molecule has 0 unspecified atom stereocenters. The molecule has 0 atom stereocenters. The van der Waals surface area contributed by atoms with Crippen LogP contribution in [0.15, 0.2) is 24.3 Å². The lowest BCUT2D eigenvalue weighted by atomic mass is 9.93. The monoisotopic (exact) mass is 203 g/mol. The second kappa shape index (κ2) is 4.80. The minimum Gasteiger partial charge on any atom is -0.381 e. The van der Waals surface area contributed by atoms with Crippen LogP contribution in [0.25, 0.3) is 0 Å². The largest absolute Gasteiger partial charge is 0.381 e. The molecule has 0 spiro atoms. The Hall–Kier alpha value is -0.820. The summed E-state index contributed by atoms with van der Waals surface area (Å²) in [5.74, 6) is 0. The van der Waals surface area contributed by atoms with Crippen LogP contribution in [-0.2, 0) is 10.2 Å². The van der Waals surface area contributed by atoms with Gasteiger partial charge in [0.2, 0.25) is 0 Å². The maximum absolute atomic E-state index is 5.57. The van der Waals surface area contributed by atoms with Gasteiger partial charge >= 0.3 is 0 Å². The molecule has 0 N–H and O–H groups in total. The third kappa shape index (κ3) is 2.60. The molecule has 1 aliphatic rings. The molecule has 2 rings (SSSR count). The lowest BCUT2D eigenvalue weighted by molar-refractivity contribution is 0.125. The summed E-state index contributed by atoms with van der Waals surface area (Å²) in [4.78, 5) is 0. The molecule has 1 saturated carbocycles. The Morgan fingerprint density at radius 3 is 2.60 bits per heavy atom. The summed E-state index contributed by atoms with van der Waals surface area (Å²) in [6.07, 6.45) is 4.95. The van der Waals surface area contributed by atoms with Gasteiger partial charge in [0.25, 0.3) is 0 Å². The van der Waals surface area contributed by atoms with E-state index in [0.29, 0.717) is 5.41 Å². The van der Waals surface area contributed by atoms with E-state index >= 15 is 0 Å². The van der Waals surface area contributed by atoms with Gasteiger partial charge in [-0.25, -0.2) is 0 Å². The Morgan fingerprint density at radius 2 is 2.00 bits per heavy atom. The van der Waals surface area contributed by atoms with E-state index in [2.05, 4.69) is 25.1 Å². The Balaban J connectivity index is 1.86. The zero-order chi connectivity index (χ0) is 10.6. The number of ether oxygens (including phenoxy) is 1. The van der Waals surface area contributed by atoms with Gasteiger partial charge in [-0.3, -0.25) is 0 Å². The first-order valence-corrected chi connectivity index (χ1v) is 5.92. The molecule has 0 heterocycles. The van der Waals surface area contributed by atoms with Crippen molar-refractivity contribution in [3.05, 3.63) is 35.9 Å². The van der Waals surface area contributed by atoms with E-state index in [1.165, 1.54) is 24.8 Å². The van der Waals surface area contributed by atoms with Crippen molar-refractivity contribution >= 4 is 0 Å². The van der Waals surface area contributed by atoms with Crippen LogP contribution in [0.3, 0.4) is 0 Å². The molecule has 1 fully saturated rings. The first-order valence-electron chi connectivity index (χ1n) is 5.92. The second-order valence-electron chi connectivity index (χ2n) is 4.43. The highest BCUT2D eigenvalue weighted by molar-refractivity contribution is 5.30. The van der Waals surface area contributed by atoms with Gasteiger partial charge in [0.05, 0.1) is 0 Å². The number of rotatable bonds is 6. The molecule has 1 aliphatic carbocycles. The Bertz CT molecular complexity index is 287. The first kappa shape index (κ1) is 10.7. The summed E-state index contributed by atoms with van der Waals surface area (Å²) >= 11 is 0. The second-order valence-corrected chi connectivity index (χ2v) is 4.43. The summed E-state index contributed by atoms with van der Waals surface area (Å²) in [6, 6.07) is 11.5. The van der Waals surface area contributed by atoms with Crippen LogP contribution < -0.4 is 0 Å². The van der Waals surface area contributed by atoms with E-state index in [0.717, 1.165) is 19.6 Å². The smallest absolute Gasteiger partial charge is 0.0474 e. The van der Waals surface area contributed by atoms with Gasteiger partial charge in [-0.2, -0.15) is 0 Å². The van der Waals surface area contributed by atoms with Crippen molar-refractivity contribution in [2.45, 2.75) is 38.0 Å². The van der Waals surface area contributed by atoms with Gasteiger partial charge in [0.1, 0.15) is 0 Å². The van der Waals surface area contributed by atoms with E-state index in [4.69, 9.17) is 4.74 Å². The van der Waals surface area contributed by atoms with Crippen molar-refractivity contribution in [2.75, 3.05) is 13.2 Å². The zero-order valence-electron chi connectivity index (χ0n) is 9.46. The minimum absolute atomic E-state index is 0.447. The maximum atomic E-state index is 5.57. The summed E-state index contributed by atoms with van der Waals surface area (Å²) < 4.78 is 5.57. The van der Waals surface area contributed by atoms with Crippen LogP contribution in [0.5, 0.6) is 0 Å². The summed E-state index contributed by atoms with van der Waals surface area (Å²) in [5.41, 5.74) is 1.92. The standard InChI is InChI=1S/C14H19O/c1-2-11-15-12-10-14(8-9-14)13-6-4-3-5-7-13/h4-7H,2,8-12H2,1H3. The molecule has 81 valence electrons. The van der Waals surface area contributed by atoms with E-state index in [-0.39, 0.29) is 0 Å². The van der Waals surface area contributed by atoms with Gasteiger partial charge in [-0.1, -0.05) is 31.2 Å². The van der Waals surface area contributed by atoms with E-state index < -0.39 is 0 Å². The van der Waals surface area contributed by atoms with Crippen LogP contribution in [0, 0.1) is 6.07 Å². The summed E-state index contributed by atoms with van der Waals surface area (Å²) in [5, 5.41) is 0. The molecule has 1 nitrogen and oxygen atoms in total. The van der Waals surface area contributed by atoms with Crippen molar-refractivity contribution in [3.8, 4) is 0 Å². The van der Waals surface area contributed by atoms with Crippen molar-refractivity contribution in [1.82, 2.24) is 0 Å². The molecule has 1 aromatic carbocycles. The molecular weight excluding hydrogens is 184 g/mol. The lowest BCUT2D eigenvalue weighted by Gasteiger charge is -2.15. The van der Waals surface area contributed by atoms with Gasteiger partial charge < -0.3 is 4.74 Å². The van der Waals surface area contributed by atoms with Crippen molar-refractivity contribution in [2.24, 2.45) is 0 Å². The quantitative estimate of drug-likeness (QED) is 0.644. The highest BCUT2D eigenvalue weighted by Gasteiger charge is 2.43. The number of hydrogen-bond acceptors (Lipinski definition) is 1. The molecule has 0 aromatic heterocycles. The van der Waals surface area contributed by atoms with Crippen molar-refractivity contribution in [1.29, 1.82) is 0 Å². The van der Waals surface area contributed by atoms with Crippen LogP contribution >= 0.6 is 0 Å². The fourth-order valence-corrected chi connectivity index (χ4v) is 2.09. The molecule has 1 heteroatoms. The fourth-order valence-electron chi connectivity index (χ4n) is 2.09. The normalized spacial score (nSPS) is 17.7. The van der Waals surface area contributed by atoms with Gasteiger partial charge in [0, 0.05) is 13.2 Å². The Kier molecular flexibility index (Phi) is 3.42. The van der Waals surface area contributed by atoms with E-state index in [1.807, 2.05) is 12.1 Å². The molecule has 0 bridgehead atoms. The Morgan fingerprint density at radius 1 is 1.27 bits per heavy atom. The molecule has 1 radical (unpaired) electrons. The topological polar surface area (TPSA) is 9.23 Å². The van der Waals surface area contributed by atoms with E-state index in [1.54, 1.807) is 0 Å². The number of hydrogen-bond donors (Lipinski definition) is 0. The Labute approximate surface area is 92.5 Å². The highest BCUT2D eigenvalue weighted by Crippen LogP contribution is 2.50. The molecule has 1 aromatic rings. The zero-order valence-corrected chi connectivity index (χ0v) is 9.46. The summed E-state index contributed by atoms with van der Waals surface area (Å²) in [7, 11) is 0. The van der Waals surface area contributed by atoms with E-state index in [9.17, 15) is 0 Å². The van der Waals surface area contributed by atoms with Crippen molar-refractivity contribution in [3.63, 3.8) is 0 Å². The van der Waals surface area contributed by atoms with Crippen LogP contribution in [0.2, 0.25) is 0 Å². The van der Waals surface area contributed by atoms with Gasteiger partial charge in [-0.15, -0.1) is 0 Å². The molecule has 0 saturated heterocycles. The summed E-state index contributed by atoms with van der Waals surface area (Å²) in [6.45, 7) is 3.96. The third-order valence-corrected chi connectivity index (χ3v) is 3.26. The fraction of sp³-hybridized carbons (Fsp3) is 0.571. The van der Waals surface area contributed by atoms with Crippen LogP contribution in [0.4, 0.5) is 0 Å². The maximum Gasteiger partial charge on any atom is 0.0474 e. The van der Waals surface area contributed by atoms with Gasteiger partial charge in [-0.05, 0) is 42.7 Å². The number of benzene rings is 1. The molecule has 0 aliphatic heterocycles. The van der Waals surface area contributed by atoms with Crippen LogP contribution in [-0.4, -0.2) is 13.2 Å². The SMILES string of the molecule is CCCOCCC1(c2cc[c]cc2)CC1. The average Bonchev–Trinajstić information content (AvgIpc) is 3.07. The molecule has 15 heavy (non-hydrogen) atoms. The average molecular weight is 203 g/mol. The van der Waals surface area contributed by atoms with Gasteiger partial charge in [0.15, 0.2) is 0 Å². The highest BCUT2D eigenvalue weighted by atomic mass is 16.5. The predicted octanol–water partition coefficient (Wildman–Crippen LogP) is 3.34. The minimum atomic E-state index is 0.447. The third-order valence-electron chi connectivity index (χ3n) is 3.26. The molecular formula is C14H19O. The molecule has 0 amide bonds. The lowest BCUT2D eigenvalue weighted by Crippen LogP contribution is -2.10. The van der Waals surface area contributed by atoms with Crippen LogP contribution in [0.1, 0.15) is 38.2 Å². The predicted molar refractivity (Wildman–Crippen MR) is 61.9 cm³/mol.